The van der Waals surface area contributed by atoms with E-state index in [0.717, 1.165) is 5.57 Å². The lowest BCUT2D eigenvalue weighted by atomic mass is 10.2. The molecule has 0 radical (unpaired) electrons. The fourth-order valence-electron chi connectivity index (χ4n) is 0.846. The molecule has 0 bridgehead atoms. The molecule has 0 atom stereocenters. The van der Waals surface area contributed by atoms with Crippen LogP contribution in [-0.2, 0) is 9.53 Å². The summed E-state index contributed by atoms with van der Waals surface area (Å²) in [6.07, 6.45) is 6.67. The van der Waals surface area contributed by atoms with Crippen LogP contribution in [0.15, 0.2) is 47.7 Å². The fourth-order valence-corrected chi connectivity index (χ4v) is 0.846. The minimum atomic E-state index is -0.363. The monoisotopic (exact) mass is 221 g/mol. The quantitative estimate of drug-likeness (QED) is 0.336. The minimum absolute atomic E-state index is 0.288. The first kappa shape index (κ1) is 14.2. The van der Waals surface area contributed by atoms with Crippen LogP contribution >= 0.6 is 0 Å². The number of ether oxygens (including phenoxy) is 1. The SMILES string of the molecule is C=C(N)/C=C\C(=C/C)C(=O)OCC=C(C)C. The van der Waals surface area contributed by atoms with E-state index in [1.54, 1.807) is 25.2 Å². The molecule has 0 amide bonds. The van der Waals surface area contributed by atoms with Crippen LogP contribution in [0.5, 0.6) is 0 Å². The molecule has 2 N–H and O–H groups in total. The third-order valence-electron chi connectivity index (χ3n) is 1.73. The zero-order valence-electron chi connectivity index (χ0n) is 10.1. The number of rotatable bonds is 5. The highest BCUT2D eigenvalue weighted by molar-refractivity contribution is 5.91. The van der Waals surface area contributed by atoms with Gasteiger partial charge in [-0.25, -0.2) is 4.79 Å². The lowest BCUT2D eigenvalue weighted by molar-refractivity contribution is -0.137. The zero-order valence-corrected chi connectivity index (χ0v) is 10.1. The molecule has 0 unspecified atom stereocenters. The van der Waals surface area contributed by atoms with Gasteiger partial charge in [0.2, 0.25) is 0 Å². The average Bonchev–Trinajstić information content (AvgIpc) is 2.17. The molecule has 0 saturated carbocycles. The van der Waals surface area contributed by atoms with Gasteiger partial charge in [-0.2, -0.15) is 0 Å². The Hall–Kier alpha value is -1.77. The van der Waals surface area contributed by atoms with Crippen molar-refractivity contribution in [3.05, 3.63) is 47.7 Å². The van der Waals surface area contributed by atoms with Crippen LogP contribution < -0.4 is 5.73 Å². The summed E-state index contributed by atoms with van der Waals surface area (Å²) in [6, 6.07) is 0. The first-order chi connectivity index (χ1) is 7.47. The second-order valence-electron chi connectivity index (χ2n) is 3.53. The van der Waals surface area contributed by atoms with Gasteiger partial charge in [0.1, 0.15) is 6.61 Å². The van der Waals surface area contributed by atoms with E-state index < -0.39 is 0 Å². The first-order valence-corrected chi connectivity index (χ1v) is 5.06. The number of allylic oxidation sites excluding steroid dienone is 3. The second kappa shape index (κ2) is 7.51. The molecule has 16 heavy (non-hydrogen) atoms. The number of carbonyl (C=O) groups is 1. The summed E-state index contributed by atoms with van der Waals surface area (Å²) in [5.74, 6) is -0.363. The molecular formula is C13H19NO2. The Morgan fingerprint density at radius 2 is 2.00 bits per heavy atom. The van der Waals surface area contributed by atoms with Gasteiger partial charge in [-0.3, -0.25) is 0 Å². The summed E-state index contributed by atoms with van der Waals surface area (Å²) in [5, 5.41) is 0. The van der Waals surface area contributed by atoms with Crippen molar-refractivity contribution in [1.29, 1.82) is 0 Å². The Morgan fingerprint density at radius 1 is 1.38 bits per heavy atom. The Labute approximate surface area is 97.0 Å². The van der Waals surface area contributed by atoms with Gasteiger partial charge < -0.3 is 10.5 Å². The number of nitrogens with two attached hydrogens (primary N) is 1. The molecule has 0 aromatic heterocycles. The Morgan fingerprint density at radius 3 is 2.44 bits per heavy atom. The molecule has 0 aliphatic heterocycles. The summed E-state index contributed by atoms with van der Waals surface area (Å²) in [5.41, 5.74) is 7.34. The van der Waals surface area contributed by atoms with E-state index in [-0.39, 0.29) is 12.6 Å². The van der Waals surface area contributed by atoms with Crippen molar-refractivity contribution in [1.82, 2.24) is 0 Å². The maximum atomic E-state index is 11.5. The predicted molar refractivity (Wildman–Crippen MR) is 66.6 cm³/mol. The molecule has 0 heterocycles. The summed E-state index contributed by atoms with van der Waals surface area (Å²) in [7, 11) is 0. The van der Waals surface area contributed by atoms with Crippen molar-refractivity contribution in [2.24, 2.45) is 5.73 Å². The van der Waals surface area contributed by atoms with Crippen LogP contribution in [0.1, 0.15) is 20.8 Å². The second-order valence-corrected chi connectivity index (χ2v) is 3.53. The van der Waals surface area contributed by atoms with Gasteiger partial charge in [0.15, 0.2) is 0 Å². The van der Waals surface area contributed by atoms with Gasteiger partial charge >= 0.3 is 5.97 Å². The summed E-state index contributed by atoms with van der Waals surface area (Å²) in [4.78, 5) is 11.5. The van der Waals surface area contributed by atoms with Crippen LogP contribution in [0.3, 0.4) is 0 Å². The van der Waals surface area contributed by atoms with E-state index in [1.165, 1.54) is 0 Å². The molecule has 0 fully saturated rings. The topological polar surface area (TPSA) is 52.3 Å². The lowest BCUT2D eigenvalue weighted by Crippen LogP contribution is -2.06. The maximum Gasteiger partial charge on any atom is 0.338 e. The van der Waals surface area contributed by atoms with Crippen molar-refractivity contribution in [2.75, 3.05) is 6.61 Å². The number of carbonyl (C=O) groups excluding carboxylic acids is 1. The number of hydrogen-bond acceptors (Lipinski definition) is 3. The maximum absolute atomic E-state index is 11.5. The molecule has 0 saturated heterocycles. The normalized spacial score (nSPS) is 11.3. The van der Waals surface area contributed by atoms with E-state index in [0.29, 0.717) is 11.3 Å². The highest BCUT2D eigenvalue weighted by atomic mass is 16.5. The van der Waals surface area contributed by atoms with Crippen molar-refractivity contribution < 1.29 is 9.53 Å². The highest BCUT2D eigenvalue weighted by Gasteiger charge is 2.05. The van der Waals surface area contributed by atoms with Gasteiger partial charge in [0.05, 0.1) is 5.57 Å². The van der Waals surface area contributed by atoms with Gasteiger partial charge in [-0.15, -0.1) is 0 Å². The standard InChI is InChI=1S/C13H19NO2/c1-5-12(7-6-11(4)14)13(15)16-9-8-10(2)3/h5-8H,4,9,14H2,1-3H3/b7-6-,12-5+. The fraction of sp³-hybridized carbons (Fsp3) is 0.308. The molecule has 88 valence electrons. The zero-order chi connectivity index (χ0) is 12.6. The minimum Gasteiger partial charge on any atom is -0.458 e. The van der Waals surface area contributed by atoms with Gasteiger partial charge in [-0.1, -0.05) is 18.2 Å². The van der Waals surface area contributed by atoms with Crippen molar-refractivity contribution in [2.45, 2.75) is 20.8 Å². The molecule has 0 spiro atoms. The van der Waals surface area contributed by atoms with Crippen LogP contribution in [0.25, 0.3) is 0 Å². The summed E-state index contributed by atoms with van der Waals surface area (Å²) >= 11 is 0. The first-order valence-electron chi connectivity index (χ1n) is 5.06. The van der Waals surface area contributed by atoms with E-state index in [9.17, 15) is 4.79 Å². The van der Waals surface area contributed by atoms with E-state index in [4.69, 9.17) is 10.5 Å². The summed E-state index contributed by atoms with van der Waals surface area (Å²) < 4.78 is 5.03. The van der Waals surface area contributed by atoms with E-state index in [1.807, 2.05) is 19.9 Å². The molecule has 3 heteroatoms. The molecular weight excluding hydrogens is 202 g/mol. The van der Waals surface area contributed by atoms with E-state index >= 15 is 0 Å². The largest absolute Gasteiger partial charge is 0.458 e. The Kier molecular flexibility index (Phi) is 6.68. The third kappa shape index (κ3) is 6.65. The van der Waals surface area contributed by atoms with Crippen LogP contribution in [0.4, 0.5) is 0 Å². The van der Waals surface area contributed by atoms with Gasteiger partial charge in [0.25, 0.3) is 0 Å². The average molecular weight is 221 g/mol. The highest BCUT2D eigenvalue weighted by Crippen LogP contribution is 2.02. The van der Waals surface area contributed by atoms with Crippen LogP contribution in [0, 0.1) is 0 Å². The molecule has 0 rings (SSSR count). The number of hydrogen-bond donors (Lipinski definition) is 1. The van der Waals surface area contributed by atoms with Gasteiger partial charge in [0, 0.05) is 5.70 Å². The van der Waals surface area contributed by atoms with Crippen molar-refractivity contribution in [3.63, 3.8) is 0 Å². The van der Waals surface area contributed by atoms with Gasteiger partial charge in [-0.05, 0) is 39.0 Å². The summed E-state index contributed by atoms with van der Waals surface area (Å²) in [6.45, 7) is 9.46. The molecule has 0 aromatic carbocycles. The molecule has 3 nitrogen and oxygen atoms in total. The van der Waals surface area contributed by atoms with E-state index in [2.05, 4.69) is 6.58 Å². The third-order valence-corrected chi connectivity index (χ3v) is 1.73. The number of esters is 1. The van der Waals surface area contributed by atoms with Crippen LogP contribution in [0.2, 0.25) is 0 Å². The smallest absolute Gasteiger partial charge is 0.338 e. The Balaban J connectivity index is 4.35. The lowest BCUT2D eigenvalue weighted by Gasteiger charge is -2.02. The van der Waals surface area contributed by atoms with Crippen molar-refractivity contribution >= 4 is 5.97 Å². The molecule has 0 aliphatic rings. The molecule has 0 aromatic rings. The van der Waals surface area contributed by atoms with Crippen molar-refractivity contribution in [3.8, 4) is 0 Å². The molecule has 0 aliphatic carbocycles. The van der Waals surface area contributed by atoms with Crippen LogP contribution in [-0.4, -0.2) is 12.6 Å². The predicted octanol–water partition coefficient (Wildman–Crippen LogP) is 2.47. The Bertz CT molecular complexity index is 345.